The maximum atomic E-state index is 13.1. The highest BCUT2D eigenvalue weighted by Crippen LogP contribution is 2.31. The van der Waals surface area contributed by atoms with E-state index in [-0.39, 0.29) is 17.5 Å². The van der Waals surface area contributed by atoms with Crippen molar-refractivity contribution in [2.24, 2.45) is 0 Å². The Hall–Kier alpha value is -2.26. The topological polar surface area (TPSA) is 92.3 Å². The minimum absolute atomic E-state index is 0.0318. The zero-order chi connectivity index (χ0) is 18.7. The van der Waals surface area contributed by atoms with E-state index in [0.717, 1.165) is 25.0 Å². The van der Waals surface area contributed by atoms with E-state index in [2.05, 4.69) is 10.6 Å². The minimum Gasteiger partial charge on any atom is -0.346 e. The first kappa shape index (κ1) is 18.5. The number of carbonyl (C=O) groups is 2. The molecular formula is C17H17FN2O4S2. The number of hydrogen-bond donors (Lipinski definition) is 2. The van der Waals surface area contributed by atoms with Crippen LogP contribution in [-0.4, -0.2) is 32.8 Å². The lowest BCUT2D eigenvalue weighted by Gasteiger charge is -2.17. The van der Waals surface area contributed by atoms with Crippen LogP contribution < -0.4 is 10.6 Å². The first-order valence-corrected chi connectivity index (χ1v) is 10.4. The van der Waals surface area contributed by atoms with Gasteiger partial charge in [-0.15, -0.1) is 11.3 Å². The van der Waals surface area contributed by atoms with Gasteiger partial charge in [-0.3, -0.25) is 9.59 Å². The first-order chi connectivity index (χ1) is 12.4. The molecule has 0 spiro atoms. The molecule has 0 unspecified atom stereocenters. The first-order valence-electron chi connectivity index (χ1n) is 7.99. The average Bonchev–Trinajstić information content (AvgIpc) is 3.26. The van der Waals surface area contributed by atoms with Gasteiger partial charge in [-0.25, -0.2) is 12.8 Å². The standard InChI is InChI=1S/C17H17FN2O4S2/c18-11-3-7-13(8-4-11)26(23,24)15(14-2-1-9-25-14)10-19-16(21)17(22)20-12-5-6-12/h1-4,7-9,12,15H,5-6,10H2,(H,19,21)(H,20,22)/t15-/m0/s1. The number of amides is 2. The molecule has 1 atom stereocenters. The van der Waals surface area contributed by atoms with Crippen LogP contribution in [0.4, 0.5) is 4.39 Å². The lowest BCUT2D eigenvalue weighted by atomic mass is 10.3. The van der Waals surface area contributed by atoms with Gasteiger partial charge >= 0.3 is 11.8 Å². The van der Waals surface area contributed by atoms with Crippen molar-refractivity contribution in [2.45, 2.75) is 29.0 Å². The van der Waals surface area contributed by atoms with Crippen LogP contribution in [0.3, 0.4) is 0 Å². The maximum absolute atomic E-state index is 13.1. The molecule has 0 saturated heterocycles. The van der Waals surface area contributed by atoms with Gasteiger partial charge in [0, 0.05) is 17.5 Å². The van der Waals surface area contributed by atoms with Crippen molar-refractivity contribution in [1.82, 2.24) is 10.6 Å². The second-order valence-electron chi connectivity index (χ2n) is 5.96. The lowest BCUT2D eigenvalue weighted by molar-refractivity contribution is -0.139. The molecule has 1 aliphatic rings. The van der Waals surface area contributed by atoms with Crippen molar-refractivity contribution in [2.75, 3.05) is 6.54 Å². The number of thiophene rings is 1. The molecule has 138 valence electrons. The number of benzene rings is 1. The second-order valence-corrected chi connectivity index (χ2v) is 9.07. The van der Waals surface area contributed by atoms with Gasteiger partial charge in [0.1, 0.15) is 11.1 Å². The SMILES string of the molecule is O=C(NC[C@@H](c1cccs1)S(=O)(=O)c1ccc(F)cc1)C(=O)NC1CC1. The molecule has 0 bridgehead atoms. The summed E-state index contributed by atoms with van der Waals surface area (Å²) < 4.78 is 39.0. The Kier molecular flexibility index (Phi) is 5.38. The summed E-state index contributed by atoms with van der Waals surface area (Å²) >= 11 is 1.23. The summed E-state index contributed by atoms with van der Waals surface area (Å²) in [5.74, 6) is -2.17. The Morgan fingerprint density at radius 2 is 1.85 bits per heavy atom. The normalized spacial score (nSPS) is 15.3. The molecule has 1 aliphatic carbocycles. The second kappa shape index (κ2) is 7.55. The Bertz CT molecular complexity index is 891. The van der Waals surface area contributed by atoms with Crippen LogP contribution in [-0.2, 0) is 19.4 Å². The van der Waals surface area contributed by atoms with E-state index in [0.29, 0.717) is 4.88 Å². The van der Waals surface area contributed by atoms with Crippen LogP contribution in [0.25, 0.3) is 0 Å². The van der Waals surface area contributed by atoms with Crippen LogP contribution in [0.2, 0.25) is 0 Å². The Balaban J connectivity index is 1.78. The number of hydrogen-bond acceptors (Lipinski definition) is 5. The van der Waals surface area contributed by atoms with Crippen molar-refractivity contribution in [3.05, 3.63) is 52.5 Å². The summed E-state index contributed by atoms with van der Waals surface area (Å²) in [7, 11) is -3.88. The van der Waals surface area contributed by atoms with Gasteiger partial charge in [0.05, 0.1) is 4.90 Å². The van der Waals surface area contributed by atoms with Crippen LogP contribution in [0.5, 0.6) is 0 Å². The molecule has 2 aromatic rings. The van der Waals surface area contributed by atoms with Crippen molar-refractivity contribution in [1.29, 1.82) is 0 Å². The zero-order valence-corrected chi connectivity index (χ0v) is 15.3. The number of sulfone groups is 1. The summed E-state index contributed by atoms with van der Waals surface area (Å²) in [6.45, 7) is -0.253. The molecule has 1 fully saturated rings. The molecule has 26 heavy (non-hydrogen) atoms. The smallest absolute Gasteiger partial charge is 0.309 e. The van der Waals surface area contributed by atoms with E-state index in [1.165, 1.54) is 23.5 Å². The minimum atomic E-state index is -3.88. The lowest BCUT2D eigenvalue weighted by Crippen LogP contribution is -2.42. The third kappa shape index (κ3) is 4.28. The van der Waals surface area contributed by atoms with Gasteiger partial charge in [-0.05, 0) is 48.6 Å². The fourth-order valence-corrected chi connectivity index (χ4v) is 5.15. The predicted octanol–water partition coefficient (Wildman–Crippen LogP) is 1.80. The molecule has 0 aliphatic heterocycles. The van der Waals surface area contributed by atoms with Gasteiger partial charge < -0.3 is 10.6 Å². The molecular weight excluding hydrogens is 379 g/mol. The van der Waals surface area contributed by atoms with E-state index < -0.39 is 32.7 Å². The fraction of sp³-hybridized carbons (Fsp3) is 0.294. The summed E-state index contributed by atoms with van der Waals surface area (Å²) in [5, 5.41) is 5.61. The summed E-state index contributed by atoms with van der Waals surface area (Å²) in [4.78, 5) is 24.1. The van der Waals surface area contributed by atoms with Gasteiger partial charge in [-0.1, -0.05) is 6.07 Å². The van der Waals surface area contributed by atoms with Crippen LogP contribution in [0, 0.1) is 5.82 Å². The molecule has 6 nitrogen and oxygen atoms in total. The van der Waals surface area contributed by atoms with Crippen molar-refractivity contribution >= 4 is 33.0 Å². The van der Waals surface area contributed by atoms with Gasteiger partial charge in [0.25, 0.3) is 0 Å². The zero-order valence-electron chi connectivity index (χ0n) is 13.6. The molecule has 1 heterocycles. The van der Waals surface area contributed by atoms with E-state index in [9.17, 15) is 22.4 Å². The van der Waals surface area contributed by atoms with Crippen LogP contribution in [0.1, 0.15) is 23.0 Å². The van der Waals surface area contributed by atoms with Gasteiger partial charge in [0.2, 0.25) is 0 Å². The number of carbonyl (C=O) groups excluding carboxylic acids is 2. The number of rotatable bonds is 6. The number of nitrogens with one attached hydrogen (secondary N) is 2. The van der Waals surface area contributed by atoms with E-state index >= 15 is 0 Å². The van der Waals surface area contributed by atoms with Crippen molar-refractivity contribution < 1.29 is 22.4 Å². The van der Waals surface area contributed by atoms with Crippen LogP contribution >= 0.6 is 11.3 Å². The van der Waals surface area contributed by atoms with E-state index in [1.807, 2.05) is 0 Å². The summed E-state index contributed by atoms with van der Waals surface area (Å²) in [5.41, 5.74) is 0. The predicted molar refractivity (Wildman–Crippen MR) is 94.8 cm³/mol. The number of halogens is 1. The molecule has 2 amide bonds. The van der Waals surface area contributed by atoms with E-state index in [1.54, 1.807) is 17.5 Å². The molecule has 0 radical (unpaired) electrons. The average molecular weight is 396 g/mol. The fourth-order valence-electron chi connectivity index (χ4n) is 2.37. The summed E-state index contributed by atoms with van der Waals surface area (Å²) in [6, 6.07) is 7.89. The molecule has 1 aromatic carbocycles. The maximum Gasteiger partial charge on any atom is 0.309 e. The molecule has 1 saturated carbocycles. The Morgan fingerprint density at radius 1 is 1.15 bits per heavy atom. The molecule has 9 heteroatoms. The molecule has 1 aromatic heterocycles. The summed E-state index contributed by atoms with van der Waals surface area (Å²) in [6.07, 6.45) is 1.69. The van der Waals surface area contributed by atoms with E-state index in [4.69, 9.17) is 0 Å². The van der Waals surface area contributed by atoms with Crippen molar-refractivity contribution in [3.63, 3.8) is 0 Å². The largest absolute Gasteiger partial charge is 0.346 e. The van der Waals surface area contributed by atoms with Crippen LogP contribution in [0.15, 0.2) is 46.7 Å². The van der Waals surface area contributed by atoms with Gasteiger partial charge in [-0.2, -0.15) is 0 Å². The molecule has 2 N–H and O–H groups in total. The van der Waals surface area contributed by atoms with Gasteiger partial charge in [0.15, 0.2) is 9.84 Å². The van der Waals surface area contributed by atoms with Crippen molar-refractivity contribution in [3.8, 4) is 0 Å². The third-order valence-corrected chi connectivity index (χ3v) is 7.18. The Morgan fingerprint density at radius 3 is 2.42 bits per heavy atom. The quantitative estimate of drug-likeness (QED) is 0.575. The molecule has 3 rings (SSSR count). The monoisotopic (exact) mass is 396 g/mol. The highest BCUT2D eigenvalue weighted by molar-refractivity contribution is 7.91. The third-order valence-electron chi connectivity index (χ3n) is 3.94. The Labute approximate surface area is 154 Å². The highest BCUT2D eigenvalue weighted by Gasteiger charge is 2.32. The highest BCUT2D eigenvalue weighted by atomic mass is 32.2.